The zero-order valence-electron chi connectivity index (χ0n) is 10.2. The van der Waals surface area contributed by atoms with E-state index in [4.69, 9.17) is 9.15 Å². The molecule has 17 heavy (non-hydrogen) atoms. The molecule has 0 saturated carbocycles. The molecule has 1 aromatic heterocycles. The first-order valence-electron chi connectivity index (χ1n) is 6.69. The Hall–Kier alpha value is -0.800. The lowest BCUT2D eigenvalue weighted by atomic mass is 9.79. The average Bonchev–Trinajstić information content (AvgIpc) is 2.98. The zero-order chi connectivity index (χ0) is 11.7. The summed E-state index contributed by atoms with van der Waals surface area (Å²) in [7, 11) is 0. The lowest BCUT2D eigenvalue weighted by Crippen LogP contribution is -2.30. The van der Waals surface area contributed by atoms with Crippen molar-refractivity contribution in [1.29, 1.82) is 0 Å². The Bertz CT molecular complexity index is 379. The molecule has 0 aromatic carbocycles. The highest BCUT2D eigenvalue weighted by Gasteiger charge is 2.36. The summed E-state index contributed by atoms with van der Waals surface area (Å²) in [6.07, 6.45) is 8.96. The predicted octanol–water partition coefficient (Wildman–Crippen LogP) is 2.76. The van der Waals surface area contributed by atoms with Crippen molar-refractivity contribution < 1.29 is 14.3 Å². The van der Waals surface area contributed by atoms with E-state index in [1.54, 1.807) is 6.26 Å². The molecular formula is C14H20O3. The smallest absolute Gasteiger partial charge is 0.109 e. The van der Waals surface area contributed by atoms with Gasteiger partial charge in [-0.2, -0.15) is 0 Å². The molecule has 2 atom stereocenters. The van der Waals surface area contributed by atoms with Crippen molar-refractivity contribution in [2.75, 3.05) is 6.61 Å². The molecule has 0 amide bonds. The molecule has 3 heteroatoms. The fraction of sp³-hybridized carbons (Fsp3) is 0.714. The average molecular weight is 236 g/mol. The van der Waals surface area contributed by atoms with E-state index >= 15 is 0 Å². The maximum Gasteiger partial charge on any atom is 0.109 e. The Morgan fingerprint density at radius 1 is 1.41 bits per heavy atom. The van der Waals surface area contributed by atoms with Gasteiger partial charge in [0.15, 0.2) is 0 Å². The van der Waals surface area contributed by atoms with Gasteiger partial charge in [-0.05, 0) is 44.6 Å². The van der Waals surface area contributed by atoms with E-state index in [0.29, 0.717) is 6.10 Å². The van der Waals surface area contributed by atoms with Crippen molar-refractivity contribution in [3.63, 3.8) is 0 Å². The zero-order valence-corrected chi connectivity index (χ0v) is 10.2. The van der Waals surface area contributed by atoms with Crippen LogP contribution >= 0.6 is 0 Å². The molecule has 0 bridgehead atoms. The minimum absolute atomic E-state index is 0.358. The molecule has 1 fully saturated rings. The van der Waals surface area contributed by atoms with E-state index in [1.165, 1.54) is 6.42 Å². The number of furan rings is 1. The summed E-state index contributed by atoms with van der Waals surface area (Å²) < 4.78 is 11.1. The van der Waals surface area contributed by atoms with Crippen molar-refractivity contribution >= 4 is 0 Å². The van der Waals surface area contributed by atoms with Gasteiger partial charge in [-0.1, -0.05) is 0 Å². The van der Waals surface area contributed by atoms with Crippen LogP contribution in [0.1, 0.15) is 49.8 Å². The summed E-state index contributed by atoms with van der Waals surface area (Å²) in [5.41, 5.74) is 0.341. The Kier molecular flexibility index (Phi) is 2.97. The largest absolute Gasteiger partial charge is 0.469 e. The maximum absolute atomic E-state index is 10.8. The van der Waals surface area contributed by atoms with Crippen LogP contribution in [0, 0.1) is 0 Å². The molecule has 2 aliphatic rings. The highest BCUT2D eigenvalue weighted by Crippen LogP contribution is 2.40. The molecule has 2 unspecified atom stereocenters. The Balaban J connectivity index is 1.69. The van der Waals surface area contributed by atoms with E-state index < -0.39 is 5.60 Å². The van der Waals surface area contributed by atoms with E-state index in [-0.39, 0.29) is 0 Å². The standard InChI is InChI=1S/C14H20O3/c15-14(8-5-11-3-2-9-16-11)7-1-4-13-12(14)6-10-17-13/h6,10-11,15H,1-5,7-9H2. The van der Waals surface area contributed by atoms with E-state index in [9.17, 15) is 5.11 Å². The van der Waals surface area contributed by atoms with E-state index in [1.807, 2.05) is 6.07 Å². The molecule has 1 aliphatic heterocycles. The van der Waals surface area contributed by atoms with Crippen molar-refractivity contribution in [2.24, 2.45) is 0 Å². The van der Waals surface area contributed by atoms with Crippen molar-refractivity contribution in [2.45, 2.75) is 56.7 Å². The third-order valence-electron chi connectivity index (χ3n) is 4.14. The van der Waals surface area contributed by atoms with Crippen LogP contribution in [0.25, 0.3) is 0 Å². The molecular weight excluding hydrogens is 216 g/mol. The Morgan fingerprint density at radius 3 is 3.18 bits per heavy atom. The topological polar surface area (TPSA) is 42.6 Å². The number of aliphatic hydroxyl groups is 1. The van der Waals surface area contributed by atoms with Gasteiger partial charge in [0.05, 0.1) is 18.0 Å². The normalized spacial score (nSPS) is 32.6. The summed E-state index contributed by atoms with van der Waals surface area (Å²) in [6, 6.07) is 1.93. The van der Waals surface area contributed by atoms with Gasteiger partial charge >= 0.3 is 0 Å². The highest BCUT2D eigenvalue weighted by atomic mass is 16.5. The molecule has 3 rings (SSSR count). The number of hydrogen-bond acceptors (Lipinski definition) is 3. The minimum atomic E-state index is -0.674. The third-order valence-corrected chi connectivity index (χ3v) is 4.14. The Labute approximate surface area is 102 Å². The molecule has 0 radical (unpaired) electrons. The van der Waals surface area contributed by atoms with Crippen LogP contribution in [0.3, 0.4) is 0 Å². The summed E-state index contributed by atoms with van der Waals surface area (Å²) in [5.74, 6) is 0.978. The lowest BCUT2D eigenvalue weighted by Gasteiger charge is -2.32. The SMILES string of the molecule is OC1(CCC2CCCO2)CCCc2occc21. The fourth-order valence-corrected chi connectivity index (χ4v) is 3.16. The first-order valence-corrected chi connectivity index (χ1v) is 6.69. The first-order chi connectivity index (χ1) is 8.28. The molecule has 0 spiro atoms. The number of ether oxygens (including phenoxy) is 1. The van der Waals surface area contributed by atoms with Gasteiger partial charge in [0.1, 0.15) is 5.76 Å². The quantitative estimate of drug-likeness (QED) is 0.877. The molecule has 94 valence electrons. The van der Waals surface area contributed by atoms with Gasteiger partial charge in [-0.3, -0.25) is 0 Å². The van der Waals surface area contributed by atoms with Crippen LogP contribution in [0.5, 0.6) is 0 Å². The predicted molar refractivity (Wildman–Crippen MR) is 63.8 cm³/mol. The van der Waals surface area contributed by atoms with Crippen LogP contribution in [-0.4, -0.2) is 17.8 Å². The van der Waals surface area contributed by atoms with Crippen LogP contribution in [0.15, 0.2) is 16.7 Å². The van der Waals surface area contributed by atoms with E-state index in [2.05, 4.69) is 0 Å². The third kappa shape index (κ3) is 2.14. The van der Waals surface area contributed by atoms with Gasteiger partial charge in [-0.15, -0.1) is 0 Å². The summed E-state index contributed by atoms with van der Waals surface area (Å²) in [6.45, 7) is 0.889. The highest BCUT2D eigenvalue weighted by molar-refractivity contribution is 5.27. The van der Waals surface area contributed by atoms with Crippen molar-refractivity contribution in [3.8, 4) is 0 Å². The number of rotatable bonds is 3. The number of aryl methyl sites for hydroxylation is 1. The molecule has 1 aliphatic carbocycles. The van der Waals surface area contributed by atoms with Crippen molar-refractivity contribution in [3.05, 3.63) is 23.7 Å². The van der Waals surface area contributed by atoms with Gasteiger partial charge in [-0.25, -0.2) is 0 Å². The molecule has 1 aromatic rings. The van der Waals surface area contributed by atoms with Crippen LogP contribution in [0.4, 0.5) is 0 Å². The summed E-state index contributed by atoms with van der Waals surface area (Å²) in [4.78, 5) is 0. The second-order valence-corrected chi connectivity index (χ2v) is 5.32. The maximum atomic E-state index is 10.8. The summed E-state index contributed by atoms with van der Waals surface area (Å²) in [5, 5.41) is 10.8. The molecule has 3 nitrogen and oxygen atoms in total. The van der Waals surface area contributed by atoms with Gasteiger partial charge < -0.3 is 14.3 Å². The number of hydrogen-bond donors (Lipinski definition) is 1. The van der Waals surface area contributed by atoms with Crippen LogP contribution < -0.4 is 0 Å². The van der Waals surface area contributed by atoms with Crippen LogP contribution in [0.2, 0.25) is 0 Å². The molecule has 1 N–H and O–H groups in total. The minimum Gasteiger partial charge on any atom is -0.469 e. The second-order valence-electron chi connectivity index (χ2n) is 5.32. The van der Waals surface area contributed by atoms with Gasteiger partial charge in [0.25, 0.3) is 0 Å². The van der Waals surface area contributed by atoms with Crippen molar-refractivity contribution in [1.82, 2.24) is 0 Å². The fourth-order valence-electron chi connectivity index (χ4n) is 3.16. The summed E-state index contributed by atoms with van der Waals surface area (Å²) >= 11 is 0. The Morgan fingerprint density at radius 2 is 2.35 bits per heavy atom. The lowest BCUT2D eigenvalue weighted by molar-refractivity contribution is -0.00906. The van der Waals surface area contributed by atoms with Gasteiger partial charge in [0.2, 0.25) is 0 Å². The monoisotopic (exact) mass is 236 g/mol. The second kappa shape index (κ2) is 4.46. The number of fused-ring (bicyclic) bond motifs is 1. The van der Waals surface area contributed by atoms with Crippen LogP contribution in [-0.2, 0) is 16.8 Å². The molecule has 2 heterocycles. The van der Waals surface area contributed by atoms with E-state index in [0.717, 1.165) is 56.5 Å². The molecule has 1 saturated heterocycles. The first kappa shape index (κ1) is 11.3. The van der Waals surface area contributed by atoms with Gasteiger partial charge in [0, 0.05) is 18.6 Å².